The normalized spacial score (nSPS) is 13.8. The van der Waals surface area contributed by atoms with Gasteiger partial charge in [0.15, 0.2) is 10.8 Å². The highest BCUT2D eigenvalue weighted by Crippen LogP contribution is 2.27. The molecule has 146 valence electrons. The summed E-state index contributed by atoms with van der Waals surface area (Å²) in [5.74, 6) is -1.75. The van der Waals surface area contributed by atoms with E-state index in [0.29, 0.717) is 18.5 Å². The Balaban J connectivity index is 1.61. The van der Waals surface area contributed by atoms with Crippen LogP contribution in [0.2, 0.25) is 0 Å². The number of aromatic nitrogens is 1. The van der Waals surface area contributed by atoms with Gasteiger partial charge < -0.3 is 15.3 Å². The summed E-state index contributed by atoms with van der Waals surface area (Å²) in [5, 5.41) is 13.2. The van der Waals surface area contributed by atoms with Crippen LogP contribution in [0.4, 0.5) is 5.13 Å². The van der Waals surface area contributed by atoms with Crippen molar-refractivity contribution in [1.82, 2.24) is 9.88 Å². The van der Waals surface area contributed by atoms with Gasteiger partial charge in [0.2, 0.25) is 5.91 Å². The van der Waals surface area contributed by atoms with Crippen molar-refractivity contribution >= 4 is 34.3 Å². The molecule has 2 heterocycles. The van der Waals surface area contributed by atoms with Crippen LogP contribution in [-0.2, 0) is 17.8 Å². The van der Waals surface area contributed by atoms with Crippen molar-refractivity contribution in [2.45, 2.75) is 19.0 Å². The highest BCUT2D eigenvalue weighted by Gasteiger charge is 2.36. The minimum atomic E-state index is -1.16. The van der Waals surface area contributed by atoms with Crippen molar-refractivity contribution in [3.63, 3.8) is 0 Å². The van der Waals surface area contributed by atoms with E-state index in [-0.39, 0.29) is 16.7 Å². The summed E-state index contributed by atoms with van der Waals surface area (Å²) < 4.78 is 0. The Labute approximate surface area is 170 Å². The number of carboxylic acids is 1. The third kappa shape index (κ3) is 3.88. The summed E-state index contributed by atoms with van der Waals surface area (Å²) in [7, 11) is 0. The first-order valence-corrected chi connectivity index (χ1v) is 9.83. The molecule has 3 aromatic rings. The average molecular weight is 407 g/mol. The number of rotatable bonds is 6. The van der Waals surface area contributed by atoms with E-state index in [9.17, 15) is 14.4 Å². The maximum atomic E-state index is 13.1. The molecule has 7 nitrogen and oxygen atoms in total. The molecule has 1 aliphatic heterocycles. The molecule has 2 amide bonds. The van der Waals surface area contributed by atoms with Gasteiger partial charge >= 0.3 is 5.97 Å². The quantitative estimate of drug-likeness (QED) is 0.654. The molecular formula is C21H17N3O4S. The van der Waals surface area contributed by atoms with Gasteiger partial charge in [-0.2, -0.15) is 0 Å². The van der Waals surface area contributed by atoms with Crippen LogP contribution in [0.25, 0.3) is 0 Å². The summed E-state index contributed by atoms with van der Waals surface area (Å²) in [5.41, 5.74) is 2.27. The number of anilines is 1. The zero-order chi connectivity index (χ0) is 20.4. The Morgan fingerprint density at radius 1 is 1.14 bits per heavy atom. The van der Waals surface area contributed by atoms with Crippen LogP contribution in [0.1, 0.15) is 32.0 Å². The van der Waals surface area contributed by atoms with Gasteiger partial charge in [0.25, 0.3) is 5.91 Å². The third-order valence-corrected chi connectivity index (χ3v) is 5.51. The van der Waals surface area contributed by atoms with Gasteiger partial charge in [-0.15, -0.1) is 11.3 Å². The van der Waals surface area contributed by atoms with Crippen LogP contribution in [0.5, 0.6) is 0 Å². The topological polar surface area (TPSA) is 99.6 Å². The summed E-state index contributed by atoms with van der Waals surface area (Å²) in [6.45, 7) is 0.345. The van der Waals surface area contributed by atoms with Crippen molar-refractivity contribution in [2.75, 3.05) is 5.32 Å². The largest absolute Gasteiger partial charge is 0.476 e. The molecular weight excluding hydrogens is 390 g/mol. The van der Waals surface area contributed by atoms with Crippen molar-refractivity contribution in [2.24, 2.45) is 0 Å². The van der Waals surface area contributed by atoms with Gasteiger partial charge in [-0.05, 0) is 17.2 Å². The van der Waals surface area contributed by atoms with Gasteiger partial charge in [-0.25, -0.2) is 9.78 Å². The van der Waals surface area contributed by atoms with E-state index >= 15 is 0 Å². The molecule has 1 aromatic heterocycles. The number of aromatic carboxylic acids is 1. The first-order valence-electron chi connectivity index (χ1n) is 8.95. The number of carbonyl (C=O) groups excluding carboxylic acids is 2. The lowest BCUT2D eigenvalue weighted by molar-refractivity contribution is -0.120. The SMILES string of the molecule is O=C(O)c1csc(NC(=O)C(Cc2ccccc2)N2Cc3ccccc3C2=O)n1. The highest BCUT2D eigenvalue weighted by atomic mass is 32.1. The first-order chi connectivity index (χ1) is 14.0. The number of carbonyl (C=O) groups is 3. The maximum Gasteiger partial charge on any atom is 0.355 e. The Morgan fingerprint density at radius 3 is 2.55 bits per heavy atom. The Hall–Kier alpha value is -3.52. The van der Waals surface area contributed by atoms with Crippen molar-refractivity contribution in [1.29, 1.82) is 0 Å². The smallest absolute Gasteiger partial charge is 0.355 e. The van der Waals surface area contributed by atoms with Crippen LogP contribution in [-0.4, -0.2) is 38.8 Å². The zero-order valence-electron chi connectivity index (χ0n) is 15.2. The predicted octanol–water partition coefficient (Wildman–Crippen LogP) is 3.05. The second kappa shape index (κ2) is 7.84. The van der Waals surface area contributed by atoms with E-state index < -0.39 is 17.9 Å². The van der Waals surface area contributed by atoms with Gasteiger partial charge in [0.05, 0.1) is 0 Å². The number of carboxylic acid groups (broad SMARTS) is 1. The molecule has 0 spiro atoms. The number of hydrogen-bond donors (Lipinski definition) is 2. The zero-order valence-corrected chi connectivity index (χ0v) is 16.1. The number of hydrogen-bond acceptors (Lipinski definition) is 5. The van der Waals surface area contributed by atoms with E-state index in [1.807, 2.05) is 42.5 Å². The maximum absolute atomic E-state index is 13.1. The molecule has 29 heavy (non-hydrogen) atoms. The predicted molar refractivity (Wildman–Crippen MR) is 108 cm³/mol. The van der Waals surface area contributed by atoms with Crippen LogP contribution in [0, 0.1) is 0 Å². The van der Waals surface area contributed by atoms with Crippen molar-refractivity contribution in [3.05, 3.63) is 82.4 Å². The Kier molecular flexibility index (Phi) is 5.09. The lowest BCUT2D eigenvalue weighted by Crippen LogP contribution is -2.45. The minimum absolute atomic E-state index is 0.130. The highest BCUT2D eigenvalue weighted by molar-refractivity contribution is 7.14. The molecule has 1 aliphatic rings. The number of nitrogens with zero attached hydrogens (tertiary/aromatic N) is 2. The van der Waals surface area contributed by atoms with Crippen LogP contribution in [0.15, 0.2) is 60.0 Å². The molecule has 0 saturated carbocycles. The molecule has 0 fully saturated rings. The second-order valence-corrected chi connectivity index (χ2v) is 7.49. The van der Waals surface area contributed by atoms with Crippen molar-refractivity contribution in [3.8, 4) is 0 Å². The number of thiazole rings is 1. The molecule has 0 radical (unpaired) electrons. The third-order valence-electron chi connectivity index (χ3n) is 4.75. The fourth-order valence-electron chi connectivity index (χ4n) is 3.33. The van der Waals surface area contributed by atoms with Gasteiger partial charge in [0.1, 0.15) is 6.04 Å². The van der Waals surface area contributed by atoms with Crippen molar-refractivity contribution < 1.29 is 19.5 Å². The Morgan fingerprint density at radius 2 is 1.86 bits per heavy atom. The minimum Gasteiger partial charge on any atom is -0.476 e. The van der Waals surface area contributed by atoms with Crippen LogP contribution < -0.4 is 5.32 Å². The van der Waals surface area contributed by atoms with Crippen LogP contribution in [0.3, 0.4) is 0 Å². The fourth-order valence-corrected chi connectivity index (χ4v) is 4.02. The van der Waals surface area contributed by atoms with Crippen LogP contribution >= 0.6 is 11.3 Å². The van der Waals surface area contributed by atoms with Gasteiger partial charge in [0, 0.05) is 23.9 Å². The molecule has 0 aliphatic carbocycles. The molecule has 4 rings (SSSR count). The van der Waals surface area contributed by atoms with E-state index in [4.69, 9.17) is 5.11 Å². The number of nitrogens with one attached hydrogen (secondary N) is 1. The standard InChI is InChI=1S/C21H17N3O4S/c25-18(23-21-22-16(12-29-21)20(27)28)17(10-13-6-2-1-3-7-13)24-11-14-8-4-5-9-15(14)19(24)26/h1-9,12,17H,10-11H2,(H,27,28)(H,22,23,25). The summed E-state index contributed by atoms with van der Waals surface area (Å²) in [4.78, 5) is 42.5. The van der Waals surface area contributed by atoms with Gasteiger partial charge in [-0.1, -0.05) is 48.5 Å². The molecule has 1 atom stereocenters. The molecule has 0 saturated heterocycles. The summed E-state index contributed by atoms with van der Waals surface area (Å²) in [6.07, 6.45) is 0.337. The molecule has 2 aromatic carbocycles. The van der Waals surface area contributed by atoms with E-state index in [1.54, 1.807) is 17.0 Å². The second-order valence-electron chi connectivity index (χ2n) is 6.63. The Bertz CT molecular complexity index is 1080. The lowest BCUT2D eigenvalue weighted by Gasteiger charge is -2.26. The molecule has 1 unspecified atom stereocenters. The lowest BCUT2D eigenvalue weighted by atomic mass is 10.0. The average Bonchev–Trinajstić information content (AvgIpc) is 3.32. The van der Waals surface area contributed by atoms with E-state index in [1.165, 1.54) is 5.38 Å². The monoisotopic (exact) mass is 407 g/mol. The number of amides is 2. The number of fused-ring (bicyclic) bond motifs is 1. The summed E-state index contributed by atoms with van der Waals surface area (Å²) in [6, 6.07) is 16.0. The summed E-state index contributed by atoms with van der Waals surface area (Å²) >= 11 is 1.03. The molecule has 0 bridgehead atoms. The number of benzene rings is 2. The first kappa shape index (κ1) is 18.8. The molecule has 8 heteroatoms. The van der Waals surface area contributed by atoms with E-state index in [0.717, 1.165) is 22.5 Å². The fraction of sp³-hybridized carbons (Fsp3) is 0.143. The van der Waals surface area contributed by atoms with E-state index in [2.05, 4.69) is 10.3 Å². The molecule has 2 N–H and O–H groups in total. The van der Waals surface area contributed by atoms with Gasteiger partial charge in [-0.3, -0.25) is 9.59 Å².